The number of carbonyl (C=O) groups is 2. The Hall–Kier alpha value is -1.69. The Morgan fingerprint density at radius 1 is 1.33 bits per heavy atom. The van der Waals surface area contributed by atoms with E-state index in [-0.39, 0.29) is 17.2 Å². The van der Waals surface area contributed by atoms with Crippen molar-refractivity contribution in [3.8, 4) is 0 Å². The second-order valence-corrected chi connectivity index (χ2v) is 6.92. The topological polar surface area (TPSA) is 70.2 Å². The number of rotatable bonds is 2. The number of carbonyl (C=O) groups excluding carboxylic acids is 2. The van der Waals surface area contributed by atoms with E-state index >= 15 is 0 Å². The highest BCUT2D eigenvalue weighted by Gasteiger charge is 2.23. The first kappa shape index (κ1) is 14.3. The van der Waals surface area contributed by atoms with Crippen LogP contribution in [0.2, 0.25) is 0 Å². The third-order valence-corrected chi connectivity index (χ3v) is 5.04. The van der Waals surface area contributed by atoms with Gasteiger partial charge in [0.25, 0.3) is 0 Å². The summed E-state index contributed by atoms with van der Waals surface area (Å²) < 4.78 is 0. The molecule has 5 nitrogen and oxygen atoms in total. The van der Waals surface area contributed by atoms with E-state index in [0.717, 1.165) is 23.4 Å². The van der Waals surface area contributed by atoms with Crippen molar-refractivity contribution >= 4 is 35.1 Å². The summed E-state index contributed by atoms with van der Waals surface area (Å²) in [6.07, 6.45) is 4.49. The van der Waals surface area contributed by atoms with E-state index in [2.05, 4.69) is 16.0 Å². The summed E-state index contributed by atoms with van der Waals surface area (Å²) in [6, 6.07) is 5.72. The average molecular weight is 305 g/mol. The monoisotopic (exact) mass is 305 g/mol. The van der Waals surface area contributed by atoms with Crippen LogP contribution in [0.5, 0.6) is 0 Å². The molecule has 3 amide bonds. The van der Waals surface area contributed by atoms with Crippen molar-refractivity contribution in [2.24, 2.45) is 0 Å². The van der Waals surface area contributed by atoms with Crippen molar-refractivity contribution in [3.63, 3.8) is 0 Å². The Balaban J connectivity index is 1.65. The molecule has 3 N–H and O–H groups in total. The van der Waals surface area contributed by atoms with Gasteiger partial charge in [-0.2, -0.15) is 0 Å². The molecule has 0 radical (unpaired) electrons. The summed E-state index contributed by atoms with van der Waals surface area (Å²) in [7, 11) is 0. The van der Waals surface area contributed by atoms with Crippen molar-refractivity contribution < 1.29 is 9.59 Å². The standard InChI is InChI=1S/C15H19N3O2S/c1-9-14(19)18-12-8-11(6-7-13(12)21-9)17-15(20)16-10-4-2-3-5-10/h6-10H,2-5H2,1H3,(H,18,19)(H2,16,17,20). The van der Waals surface area contributed by atoms with E-state index in [9.17, 15) is 9.59 Å². The van der Waals surface area contributed by atoms with E-state index in [1.807, 2.05) is 19.1 Å². The number of hydrogen-bond donors (Lipinski definition) is 3. The van der Waals surface area contributed by atoms with Crippen molar-refractivity contribution in [3.05, 3.63) is 18.2 Å². The lowest BCUT2D eigenvalue weighted by molar-refractivity contribution is -0.115. The molecule has 0 bridgehead atoms. The van der Waals surface area contributed by atoms with Crippen LogP contribution in [-0.2, 0) is 4.79 Å². The van der Waals surface area contributed by atoms with Crippen LogP contribution in [0.25, 0.3) is 0 Å². The van der Waals surface area contributed by atoms with Gasteiger partial charge in [0.05, 0.1) is 10.9 Å². The average Bonchev–Trinajstić information content (AvgIpc) is 2.93. The van der Waals surface area contributed by atoms with Crippen LogP contribution in [0, 0.1) is 0 Å². The van der Waals surface area contributed by atoms with Gasteiger partial charge in [-0.15, -0.1) is 11.8 Å². The zero-order valence-electron chi connectivity index (χ0n) is 11.9. The minimum absolute atomic E-state index is 0.0000529. The van der Waals surface area contributed by atoms with Crippen molar-refractivity contribution in [2.45, 2.75) is 48.8 Å². The highest BCUT2D eigenvalue weighted by atomic mass is 32.2. The minimum Gasteiger partial charge on any atom is -0.335 e. The first-order valence-corrected chi connectivity index (χ1v) is 8.19. The maximum absolute atomic E-state index is 11.9. The van der Waals surface area contributed by atoms with Crippen LogP contribution in [-0.4, -0.2) is 23.2 Å². The lowest BCUT2D eigenvalue weighted by Gasteiger charge is -2.22. The van der Waals surface area contributed by atoms with Gasteiger partial charge in [-0.1, -0.05) is 12.8 Å². The SMILES string of the molecule is CC1Sc2ccc(NC(=O)NC3CCCC3)cc2NC1=O. The largest absolute Gasteiger partial charge is 0.335 e. The molecule has 1 aliphatic carbocycles. The molecule has 0 aromatic heterocycles. The Labute approximate surface area is 128 Å². The van der Waals surface area contributed by atoms with E-state index in [1.54, 1.807) is 6.07 Å². The second-order valence-electron chi connectivity index (χ2n) is 5.54. The predicted octanol–water partition coefficient (Wildman–Crippen LogP) is 3.18. The number of urea groups is 1. The zero-order valence-corrected chi connectivity index (χ0v) is 12.8. The quantitative estimate of drug-likeness (QED) is 0.786. The molecule has 1 fully saturated rings. The van der Waals surface area contributed by atoms with Crippen LogP contribution in [0.3, 0.4) is 0 Å². The van der Waals surface area contributed by atoms with E-state index in [0.29, 0.717) is 11.7 Å². The molecule has 112 valence electrons. The molecule has 1 aliphatic heterocycles. The molecule has 3 rings (SSSR count). The number of thioether (sulfide) groups is 1. The summed E-state index contributed by atoms with van der Waals surface area (Å²) in [5.74, 6) is 0.0000529. The van der Waals surface area contributed by atoms with Gasteiger partial charge in [-0.25, -0.2) is 4.79 Å². The highest BCUT2D eigenvalue weighted by molar-refractivity contribution is 8.00. The van der Waals surface area contributed by atoms with Gasteiger partial charge >= 0.3 is 6.03 Å². The maximum Gasteiger partial charge on any atom is 0.319 e. The van der Waals surface area contributed by atoms with Crippen LogP contribution >= 0.6 is 11.8 Å². The van der Waals surface area contributed by atoms with Gasteiger partial charge in [0.1, 0.15) is 0 Å². The normalized spacial score (nSPS) is 21.6. The number of hydrogen-bond acceptors (Lipinski definition) is 3. The summed E-state index contributed by atoms with van der Waals surface area (Å²) in [5.41, 5.74) is 1.46. The van der Waals surface area contributed by atoms with Gasteiger partial charge in [0.15, 0.2) is 0 Å². The zero-order chi connectivity index (χ0) is 14.8. The second kappa shape index (κ2) is 5.97. The van der Waals surface area contributed by atoms with Gasteiger partial charge in [-0.3, -0.25) is 4.79 Å². The third-order valence-electron chi connectivity index (χ3n) is 3.86. The highest BCUT2D eigenvalue weighted by Crippen LogP contribution is 2.36. The fourth-order valence-corrected chi connectivity index (χ4v) is 3.64. The fraction of sp³-hybridized carbons (Fsp3) is 0.467. The first-order chi connectivity index (χ1) is 10.1. The maximum atomic E-state index is 11.9. The fourth-order valence-electron chi connectivity index (χ4n) is 2.71. The Bertz CT molecular complexity index is 570. The van der Waals surface area contributed by atoms with Crippen LogP contribution in [0.1, 0.15) is 32.6 Å². The summed E-state index contributed by atoms with van der Waals surface area (Å²) in [4.78, 5) is 24.7. The van der Waals surface area contributed by atoms with Crippen LogP contribution in [0.4, 0.5) is 16.2 Å². The Morgan fingerprint density at radius 3 is 2.86 bits per heavy atom. The number of fused-ring (bicyclic) bond motifs is 1. The molecule has 21 heavy (non-hydrogen) atoms. The molecule has 1 aromatic rings. The molecular weight excluding hydrogens is 286 g/mol. The molecule has 1 saturated carbocycles. The molecule has 0 saturated heterocycles. The lowest BCUT2D eigenvalue weighted by Crippen LogP contribution is -2.36. The van der Waals surface area contributed by atoms with E-state index < -0.39 is 0 Å². The number of anilines is 2. The van der Waals surface area contributed by atoms with Gasteiger partial charge in [-0.05, 0) is 38.0 Å². The van der Waals surface area contributed by atoms with Gasteiger partial charge in [0, 0.05) is 16.6 Å². The summed E-state index contributed by atoms with van der Waals surface area (Å²) in [6.45, 7) is 1.88. The first-order valence-electron chi connectivity index (χ1n) is 7.31. The van der Waals surface area contributed by atoms with Crippen LogP contribution in [0.15, 0.2) is 23.1 Å². The molecule has 1 aromatic carbocycles. The Kier molecular flexibility index (Phi) is 4.05. The van der Waals surface area contributed by atoms with Crippen molar-refractivity contribution in [1.82, 2.24) is 5.32 Å². The molecule has 0 spiro atoms. The molecule has 2 aliphatic rings. The van der Waals surface area contributed by atoms with Gasteiger partial charge in [0.2, 0.25) is 5.91 Å². The number of benzene rings is 1. The third kappa shape index (κ3) is 3.32. The van der Waals surface area contributed by atoms with E-state index in [4.69, 9.17) is 0 Å². The van der Waals surface area contributed by atoms with E-state index in [1.165, 1.54) is 24.6 Å². The molecule has 1 atom stereocenters. The molecular formula is C15H19N3O2S. The molecule has 6 heteroatoms. The molecule has 1 unspecified atom stereocenters. The predicted molar refractivity (Wildman–Crippen MR) is 84.8 cm³/mol. The number of amides is 3. The summed E-state index contributed by atoms with van der Waals surface area (Å²) in [5, 5.41) is 8.60. The van der Waals surface area contributed by atoms with Crippen molar-refractivity contribution in [2.75, 3.05) is 10.6 Å². The van der Waals surface area contributed by atoms with Crippen LogP contribution < -0.4 is 16.0 Å². The van der Waals surface area contributed by atoms with Crippen molar-refractivity contribution in [1.29, 1.82) is 0 Å². The minimum atomic E-state index is -0.176. The van der Waals surface area contributed by atoms with Gasteiger partial charge < -0.3 is 16.0 Å². The summed E-state index contributed by atoms with van der Waals surface area (Å²) >= 11 is 1.53. The Morgan fingerprint density at radius 2 is 2.10 bits per heavy atom. The lowest BCUT2D eigenvalue weighted by atomic mass is 10.2. The smallest absolute Gasteiger partial charge is 0.319 e. The number of nitrogens with one attached hydrogen (secondary N) is 3. The molecule has 1 heterocycles.